The maximum atomic E-state index is 13.4. The van der Waals surface area contributed by atoms with E-state index in [-0.39, 0.29) is 13.2 Å². The van der Waals surface area contributed by atoms with Crippen molar-refractivity contribution >= 4 is 5.97 Å². The molecule has 0 saturated carbocycles. The van der Waals surface area contributed by atoms with Gasteiger partial charge in [0.05, 0.1) is 12.2 Å². The topological polar surface area (TPSA) is 76.0 Å². The molecule has 1 unspecified atom stereocenters. The molecule has 0 spiro atoms. The Morgan fingerprint density at radius 1 is 1.33 bits per heavy atom. The molecule has 0 aromatic heterocycles. The van der Waals surface area contributed by atoms with E-state index in [0.29, 0.717) is 12.1 Å². The average Bonchev–Trinajstić information content (AvgIpc) is 2.27. The van der Waals surface area contributed by atoms with Gasteiger partial charge in [-0.15, -0.1) is 0 Å². The molecule has 7 heteroatoms. The summed E-state index contributed by atoms with van der Waals surface area (Å²) >= 11 is 0. The van der Waals surface area contributed by atoms with E-state index in [2.05, 4.69) is 4.74 Å². The first kappa shape index (κ1) is 14.3. The van der Waals surface area contributed by atoms with Crippen LogP contribution in [0.25, 0.3) is 0 Å². The van der Waals surface area contributed by atoms with E-state index in [1.807, 2.05) is 0 Å². The van der Waals surface area contributed by atoms with Crippen molar-refractivity contribution in [3.8, 4) is 5.75 Å². The molecular weight excluding hydrogens is 250 g/mol. The quantitative estimate of drug-likeness (QED) is 0.801. The molecular formula is C11H12F2O5. The number of halogens is 2. The smallest absolute Gasteiger partial charge is 0.335 e. The van der Waals surface area contributed by atoms with Crippen molar-refractivity contribution in [3.05, 3.63) is 29.3 Å². The Morgan fingerprint density at radius 3 is 2.33 bits per heavy atom. The maximum Gasteiger partial charge on any atom is 0.335 e. The number of ether oxygens (including phenoxy) is 2. The molecule has 100 valence electrons. The minimum atomic E-state index is -1.45. The van der Waals surface area contributed by atoms with Crippen LogP contribution in [-0.4, -0.2) is 42.6 Å². The molecule has 18 heavy (non-hydrogen) atoms. The molecule has 1 aromatic rings. The van der Waals surface area contributed by atoms with E-state index < -0.39 is 35.0 Å². The number of benzene rings is 1. The van der Waals surface area contributed by atoms with Gasteiger partial charge in [0.2, 0.25) is 0 Å². The number of methoxy groups -OCH3 is 1. The largest absolute Gasteiger partial charge is 0.485 e. The Hall–Kier alpha value is -1.73. The highest BCUT2D eigenvalue weighted by Gasteiger charge is 2.17. The second-order valence-electron chi connectivity index (χ2n) is 3.49. The second kappa shape index (κ2) is 6.27. The summed E-state index contributed by atoms with van der Waals surface area (Å²) < 4.78 is 36.1. The molecule has 0 aliphatic carbocycles. The second-order valence-corrected chi connectivity index (χ2v) is 3.49. The Balaban J connectivity index is 2.81. The van der Waals surface area contributed by atoms with Gasteiger partial charge in [-0.2, -0.15) is 0 Å². The fourth-order valence-electron chi connectivity index (χ4n) is 1.24. The third-order valence-electron chi connectivity index (χ3n) is 2.02. The summed E-state index contributed by atoms with van der Waals surface area (Å²) in [7, 11) is 1.35. The van der Waals surface area contributed by atoms with Gasteiger partial charge < -0.3 is 19.7 Å². The molecule has 5 nitrogen and oxygen atoms in total. The summed E-state index contributed by atoms with van der Waals surface area (Å²) in [5, 5.41) is 17.8. The summed E-state index contributed by atoms with van der Waals surface area (Å²) in [5.74, 6) is -4.46. The van der Waals surface area contributed by atoms with Gasteiger partial charge in [0, 0.05) is 7.11 Å². The number of carbonyl (C=O) groups is 1. The monoisotopic (exact) mass is 262 g/mol. The van der Waals surface area contributed by atoms with Crippen LogP contribution < -0.4 is 4.74 Å². The minimum absolute atomic E-state index is 0.0452. The van der Waals surface area contributed by atoms with Crippen molar-refractivity contribution in [2.24, 2.45) is 0 Å². The number of hydrogen-bond acceptors (Lipinski definition) is 4. The fraction of sp³-hybridized carbons (Fsp3) is 0.364. The van der Waals surface area contributed by atoms with E-state index in [4.69, 9.17) is 9.84 Å². The fourth-order valence-corrected chi connectivity index (χ4v) is 1.24. The highest BCUT2D eigenvalue weighted by Crippen LogP contribution is 2.23. The van der Waals surface area contributed by atoms with Gasteiger partial charge in [0.15, 0.2) is 17.4 Å². The Bertz CT molecular complexity index is 412. The van der Waals surface area contributed by atoms with Crippen molar-refractivity contribution in [1.29, 1.82) is 0 Å². The van der Waals surface area contributed by atoms with Crippen molar-refractivity contribution in [2.75, 3.05) is 20.3 Å². The molecule has 0 aliphatic heterocycles. The Morgan fingerprint density at radius 2 is 1.89 bits per heavy atom. The first-order valence-corrected chi connectivity index (χ1v) is 4.97. The number of carboxylic acids is 1. The summed E-state index contributed by atoms with van der Waals surface area (Å²) in [4.78, 5) is 10.5. The van der Waals surface area contributed by atoms with Crippen LogP contribution in [0.5, 0.6) is 5.75 Å². The van der Waals surface area contributed by atoms with Crippen LogP contribution in [0.15, 0.2) is 12.1 Å². The predicted octanol–water partition coefficient (Wildman–Crippen LogP) is 1.05. The van der Waals surface area contributed by atoms with E-state index in [1.54, 1.807) is 0 Å². The van der Waals surface area contributed by atoms with Crippen LogP contribution in [0, 0.1) is 11.6 Å². The number of rotatable bonds is 6. The van der Waals surface area contributed by atoms with Gasteiger partial charge in [-0.25, -0.2) is 13.6 Å². The molecule has 0 fully saturated rings. The first-order chi connectivity index (χ1) is 8.45. The number of aliphatic hydroxyl groups is 1. The van der Waals surface area contributed by atoms with Crippen LogP contribution in [0.3, 0.4) is 0 Å². The maximum absolute atomic E-state index is 13.4. The lowest BCUT2D eigenvalue weighted by Gasteiger charge is -2.12. The summed E-state index contributed by atoms with van der Waals surface area (Å²) in [5.41, 5.74) is -0.519. The van der Waals surface area contributed by atoms with Gasteiger partial charge >= 0.3 is 5.97 Å². The van der Waals surface area contributed by atoms with Gasteiger partial charge in [-0.1, -0.05) is 0 Å². The molecule has 1 atom stereocenters. The van der Waals surface area contributed by atoms with Crippen LogP contribution >= 0.6 is 0 Å². The highest BCUT2D eigenvalue weighted by molar-refractivity contribution is 5.87. The van der Waals surface area contributed by atoms with E-state index in [9.17, 15) is 18.7 Å². The average molecular weight is 262 g/mol. The number of aromatic carboxylic acids is 1. The van der Waals surface area contributed by atoms with Crippen molar-refractivity contribution < 1.29 is 33.3 Å². The number of hydrogen-bond donors (Lipinski definition) is 2. The van der Waals surface area contributed by atoms with Crippen LogP contribution in [0.2, 0.25) is 0 Å². The zero-order valence-electron chi connectivity index (χ0n) is 9.52. The van der Waals surface area contributed by atoms with Crippen molar-refractivity contribution in [1.82, 2.24) is 0 Å². The molecule has 0 aliphatic rings. The molecule has 0 heterocycles. The van der Waals surface area contributed by atoms with Crippen LogP contribution in [-0.2, 0) is 4.74 Å². The molecule has 0 bridgehead atoms. The summed E-state index contributed by atoms with van der Waals surface area (Å²) in [6.45, 7) is -0.412. The predicted molar refractivity (Wildman–Crippen MR) is 56.7 cm³/mol. The third kappa shape index (κ3) is 3.64. The lowest BCUT2D eigenvalue weighted by molar-refractivity contribution is 0.0305. The number of aliphatic hydroxyl groups excluding tert-OH is 1. The molecule has 1 rings (SSSR count). The normalized spacial score (nSPS) is 12.2. The van der Waals surface area contributed by atoms with E-state index >= 15 is 0 Å². The standard InChI is InChI=1S/C11H12F2O5/c1-17-4-7(14)5-18-10-8(12)2-6(11(15)16)3-9(10)13/h2-3,7,14H,4-5H2,1H3,(H,15,16). The molecule has 0 amide bonds. The van der Waals surface area contributed by atoms with Gasteiger partial charge in [0.25, 0.3) is 0 Å². The lowest BCUT2D eigenvalue weighted by atomic mass is 10.2. The molecule has 0 saturated heterocycles. The third-order valence-corrected chi connectivity index (χ3v) is 2.02. The lowest BCUT2D eigenvalue weighted by Crippen LogP contribution is -2.23. The minimum Gasteiger partial charge on any atom is -0.485 e. The summed E-state index contributed by atoms with van der Waals surface area (Å²) in [6, 6.07) is 1.28. The van der Waals surface area contributed by atoms with Gasteiger partial charge in [-0.05, 0) is 12.1 Å². The van der Waals surface area contributed by atoms with Gasteiger partial charge in [0.1, 0.15) is 12.7 Å². The molecule has 0 radical (unpaired) electrons. The van der Waals surface area contributed by atoms with E-state index in [0.717, 1.165) is 0 Å². The molecule has 2 N–H and O–H groups in total. The molecule has 1 aromatic carbocycles. The van der Waals surface area contributed by atoms with Crippen LogP contribution in [0.4, 0.5) is 8.78 Å². The SMILES string of the molecule is COCC(O)COc1c(F)cc(C(=O)O)cc1F. The zero-order chi connectivity index (χ0) is 13.7. The van der Waals surface area contributed by atoms with Crippen molar-refractivity contribution in [2.45, 2.75) is 6.10 Å². The van der Waals surface area contributed by atoms with Crippen molar-refractivity contribution in [3.63, 3.8) is 0 Å². The highest BCUT2D eigenvalue weighted by atomic mass is 19.1. The first-order valence-electron chi connectivity index (χ1n) is 4.97. The van der Waals surface area contributed by atoms with Crippen LogP contribution in [0.1, 0.15) is 10.4 Å². The zero-order valence-corrected chi connectivity index (χ0v) is 9.52. The van der Waals surface area contributed by atoms with E-state index in [1.165, 1.54) is 7.11 Å². The Labute approximate surface area is 102 Å². The number of carboxylic acid groups (broad SMARTS) is 1. The van der Waals surface area contributed by atoms with Gasteiger partial charge in [-0.3, -0.25) is 0 Å². The summed E-state index contributed by atoms with van der Waals surface area (Å²) in [6.07, 6.45) is -1.03. The Kier molecular flexibility index (Phi) is 4.99.